The summed E-state index contributed by atoms with van der Waals surface area (Å²) in [7, 11) is 0. The summed E-state index contributed by atoms with van der Waals surface area (Å²) in [6.45, 7) is 5.74. The van der Waals surface area contributed by atoms with E-state index in [9.17, 15) is 10.1 Å². The van der Waals surface area contributed by atoms with Crippen molar-refractivity contribution in [2.45, 2.75) is 46.1 Å². The summed E-state index contributed by atoms with van der Waals surface area (Å²) < 4.78 is 6.78. The van der Waals surface area contributed by atoms with Crippen molar-refractivity contribution in [1.82, 2.24) is 15.0 Å². The molecule has 1 aliphatic rings. The lowest BCUT2D eigenvalue weighted by Crippen LogP contribution is -2.29. The van der Waals surface area contributed by atoms with Crippen molar-refractivity contribution < 1.29 is 4.74 Å². The molecule has 0 atom stereocenters. The van der Waals surface area contributed by atoms with Gasteiger partial charge in [0.2, 0.25) is 0 Å². The third-order valence-electron chi connectivity index (χ3n) is 4.77. The third-order valence-corrected chi connectivity index (χ3v) is 5.86. The lowest BCUT2D eigenvalue weighted by molar-refractivity contribution is 0.0355. The molecule has 1 aliphatic heterocycles. The van der Waals surface area contributed by atoms with E-state index in [0.29, 0.717) is 30.0 Å². The van der Waals surface area contributed by atoms with Crippen LogP contribution in [0.25, 0.3) is 10.2 Å². The molecule has 23 heavy (non-hydrogen) atoms. The number of ether oxygens (including phenoxy) is 1. The topological polar surface area (TPSA) is 80.8 Å². The molecule has 0 radical (unpaired) electrons. The second-order valence-corrected chi connectivity index (χ2v) is 7.39. The fourth-order valence-corrected chi connectivity index (χ4v) is 4.05. The van der Waals surface area contributed by atoms with E-state index in [1.807, 2.05) is 13.8 Å². The van der Waals surface area contributed by atoms with Gasteiger partial charge in [0.1, 0.15) is 0 Å². The Balaban J connectivity index is 1.75. The van der Waals surface area contributed by atoms with Gasteiger partial charge in [-0.3, -0.25) is 4.79 Å². The Morgan fingerprint density at radius 3 is 2.83 bits per heavy atom. The van der Waals surface area contributed by atoms with Crippen molar-refractivity contribution in [3.05, 3.63) is 20.8 Å². The van der Waals surface area contributed by atoms with Crippen LogP contribution in [0.3, 0.4) is 0 Å². The number of aromatic nitrogens is 3. The first kappa shape index (κ1) is 16.1. The first-order valence-corrected chi connectivity index (χ1v) is 8.70. The number of nitrogens with zero attached hydrogens (tertiary/aromatic N) is 4. The molecule has 2 aromatic heterocycles. The highest BCUT2D eigenvalue weighted by Gasteiger charge is 2.32. The lowest BCUT2D eigenvalue weighted by atomic mass is 9.78. The van der Waals surface area contributed by atoms with Crippen molar-refractivity contribution >= 4 is 21.6 Å². The predicted molar refractivity (Wildman–Crippen MR) is 88.5 cm³/mol. The second-order valence-electron chi connectivity index (χ2n) is 6.19. The smallest absolute Gasteiger partial charge is 0.278 e. The standard InChI is InChI=1S/C16H20N4O2S/c1-11-12(2)23-14-13(11)15(21)20(19-18-14)7-3-4-16(10-17)5-8-22-9-6-16/h3-9H2,1-2H3. The van der Waals surface area contributed by atoms with E-state index in [2.05, 4.69) is 16.4 Å². The SMILES string of the molecule is Cc1sc2nnn(CCCC3(C#N)CCOCC3)c(=O)c2c1C. The zero-order valence-corrected chi connectivity index (χ0v) is 14.3. The predicted octanol–water partition coefficient (Wildman–Crippen LogP) is 2.57. The summed E-state index contributed by atoms with van der Waals surface area (Å²) >= 11 is 1.51. The summed E-state index contributed by atoms with van der Waals surface area (Å²) in [4.78, 5) is 14.4. The van der Waals surface area contributed by atoms with Crippen LogP contribution in [0.1, 0.15) is 36.1 Å². The van der Waals surface area contributed by atoms with Crippen LogP contribution in [-0.2, 0) is 11.3 Å². The van der Waals surface area contributed by atoms with E-state index in [4.69, 9.17) is 4.74 Å². The van der Waals surface area contributed by atoms with E-state index in [1.165, 1.54) is 16.0 Å². The van der Waals surface area contributed by atoms with Gasteiger partial charge in [-0.25, -0.2) is 4.68 Å². The van der Waals surface area contributed by atoms with Gasteiger partial charge in [0, 0.05) is 24.6 Å². The third kappa shape index (κ3) is 3.01. The Morgan fingerprint density at radius 2 is 2.13 bits per heavy atom. The molecule has 1 saturated heterocycles. The summed E-state index contributed by atoms with van der Waals surface area (Å²) in [5, 5.41) is 18.4. The monoisotopic (exact) mass is 332 g/mol. The van der Waals surface area contributed by atoms with Gasteiger partial charge >= 0.3 is 0 Å². The van der Waals surface area contributed by atoms with Crippen LogP contribution in [-0.4, -0.2) is 28.2 Å². The maximum atomic E-state index is 12.6. The van der Waals surface area contributed by atoms with Crippen LogP contribution < -0.4 is 5.56 Å². The average molecular weight is 332 g/mol. The number of fused-ring (bicyclic) bond motifs is 1. The summed E-state index contributed by atoms with van der Waals surface area (Å²) in [6, 6.07) is 2.46. The van der Waals surface area contributed by atoms with Gasteiger partial charge in [-0.2, -0.15) is 5.26 Å². The number of rotatable bonds is 4. The second kappa shape index (κ2) is 6.38. The molecular weight excluding hydrogens is 312 g/mol. The zero-order valence-electron chi connectivity index (χ0n) is 13.5. The molecule has 3 rings (SSSR count). The van der Waals surface area contributed by atoms with Crippen molar-refractivity contribution in [2.75, 3.05) is 13.2 Å². The molecule has 1 fully saturated rings. The van der Waals surface area contributed by atoms with Crippen LogP contribution in [0.5, 0.6) is 0 Å². The fourth-order valence-electron chi connectivity index (χ4n) is 3.09. The zero-order chi connectivity index (χ0) is 16.4. The number of aryl methyl sites for hydroxylation is 3. The highest BCUT2D eigenvalue weighted by atomic mass is 32.1. The molecule has 0 bridgehead atoms. The Bertz CT molecular complexity index is 812. The Kier molecular flexibility index (Phi) is 4.46. The maximum Gasteiger partial charge on any atom is 0.278 e. The molecular formula is C16H20N4O2S. The Morgan fingerprint density at radius 1 is 1.39 bits per heavy atom. The molecule has 0 saturated carbocycles. The van der Waals surface area contributed by atoms with Crippen LogP contribution >= 0.6 is 11.3 Å². The van der Waals surface area contributed by atoms with Gasteiger partial charge < -0.3 is 4.74 Å². The number of hydrogen-bond acceptors (Lipinski definition) is 6. The molecule has 0 aliphatic carbocycles. The maximum absolute atomic E-state index is 12.6. The molecule has 0 spiro atoms. The largest absolute Gasteiger partial charge is 0.381 e. The lowest BCUT2D eigenvalue weighted by Gasteiger charge is -2.30. The summed E-state index contributed by atoms with van der Waals surface area (Å²) in [5.41, 5.74) is 0.611. The van der Waals surface area contributed by atoms with Crippen LogP contribution in [0.2, 0.25) is 0 Å². The quantitative estimate of drug-likeness (QED) is 0.859. The minimum absolute atomic E-state index is 0.0742. The van der Waals surface area contributed by atoms with Crippen molar-refractivity contribution in [2.24, 2.45) is 5.41 Å². The summed E-state index contributed by atoms with van der Waals surface area (Å²) in [6.07, 6.45) is 3.05. The Labute approximate surface area is 138 Å². The van der Waals surface area contributed by atoms with Gasteiger partial charge in [0.15, 0.2) is 4.83 Å². The van der Waals surface area contributed by atoms with E-state index in [1.54, 1.807) is 0 Å². The van der Waals surface area contributed by atoms with E-state index >= 15 is 0 Å². The normalized spacial score (nSPS) is 17.3. The van der Waals surface area contributed by atoms with Crippen LogP contribution in [0.4, 0.5) is 0 Å². The molecule has 0 amide bonds. The first-order valence-electron chi connectivity index (χ1n) is 7.89. The van der Waals surface area contributed by atoms with Crippen LogP contribution in [0, 0.1) is 30.6 Å². The number of hydrogen-bond donors (Lipinski definition) is 0. The van der Waals surface area contributed by atoms with E-state index < -0.39 is 0 Å². The van der Waals surface area contributed by atoms with Crippen molar-refractivity contribution in [1.29, 1.82) is 5.26 Å². The van der Waals surface area contributed by atoms with Gasteiger partial charge in [0.05, 0.1) is 16.9 Å². The highest BCUT2D eigenvalue weighted by molar-refractivity contribution is 7.18. The number of thiophene rings is 1. The number of nitriles is 1. The molecule has 122 valence electrons. The van der Waals surface area contributed by atoms with E-state index in [0.717, 1.165) is 36.1 Å². The molecule has 0 N–H and O–H groups in total. The fraction of sp³-hybridized carbons (Fsp3) is 0.625. The van der Waals surface area contributed by atoms with Crippen molar-refractivity contribution in [3.63, 3.8) is 0 Å². The minimum atomic E-state index is -0.311. The van der Waals surface area contributed by atoms with Gasteiger partial charge in [-0.05, 0) is 45.1 Å². The highest BCUT2D eigenvalue weighted by Crippen LogP contribution is 2.34. The molecule has 0 unspecified atom stereocenters. The molecule has 6 nitrogen and oxygen atoms in total. The van der Waals surface area contributed by atoms with Gasteiger partial charge in [-0.1, -0.05) is 5.21 Å². The molecule has 0 aromatic carbocycles. The summed E-state index contributed by atoms with van der Waals surface area (Å²) in [5.74, 6) is 0. The van der Waals surface area contributed by atoms with Crippen LogP contribution in [0.15, 0.2) is 4.79 Å². The minimum Gasteiger partial charge on any atom is -0.381 e. The average Bonchev–Trinajstić information content (AvgIpc) is 2.86. The molecule has 3 heterocycles. The van der Waals surface area contributed by atoms with Gasteiger partial charge in [0.25, 0.3) is 5.56 Å². The first-order chi connectivity index (χ1) is 11.1. The molecule has 7 heteroatoms. The van der Waals surface area contributed by atoms with Crippen molar-refractivity contribution in [3.8, 4) is 6.07 Å². The molecule has 2 aromatic rings. The Hall–Kier alpha value is -1.78. The van der Waals surface area contributed by atoms with Gasteiger partial charge in [-0.15, -0.1) is 16.4 Å². The van der Waals surface area contributed by atoms with E-state index in [-0.39, 0.29) is 11.0 Å².